The van der Waals surface area contributed by atoms with Crippen molar-refractivity contribution in [3.05, 3.63) is 76.8 Å². The van der Waals surface area contributed by atoms with Crippen LogP contribution in [0.1, 0.15) is 40.8 Å². The van der Waals surface area contributed by atoms with Gasteiger partial charge in [-0.3, -0.25) is 10.1 Å². The van der Waals surface area contributed by atoms with Gasteiger partial charge in [0.05, 0.1) is 5.92 Å². The third kappa shape index (κ3) is 3.21. The van der Waals surface area contributed by atoms with Crippen molar-refractivity contribution < 1.29 is 4.79 Å². The van der Waals surface area contributed by atoms with Gasteiger partial charge in [-0.05, 0) is 24.0 Å². The zero-order chi connectivity index (χ0) is 16.4. The minimum absolute atomic E-state index is 0.0779. The first-order chi connectivity index (χ1) is 11.8. The van der Waals surface area contributed by atoms with Crippen LogP contribution in [0.15, 0.2) is 60.7 Å². The summed E-state index contributed by atoms with van der Waals surface area (Å²) in [5, 5.41) is 12.9. The molecule has 1 amide bonds. The van der Waals surface area contributed by atoms with Crippen LogP contribution in [0.4, 0.5) is 5.13 Å². The Kier molecular flexibility index (Phi) is 4.09. The van der Waals surface area contributed by atoms with Gasteiger partial charge in [-0.1, -0.05) is 72.0 Å². The summed E-state index contributed by atoms with van der Waals surface area (Å²) in [6, 6.07) is 19.6. The number of hydrogen-bond donors (Lipinski definition) is 1. The molecule has 1 N–H and O–H groups in total. The molecule has 5 heteroatoms. The fourth-order valence-electron chi connectivity index (χ4n) is 2.74. The number of hydrogen-bond acceptors (Lipinski definition) is 4. The lowest BCUT2D eigenvalue weighted by Gasteiger charge is -2.16. The Balaban J connectivity index is 1.61. The van der Waals surface area contributed by atoms with Gasteiger partial charge in [0.15, 0.2) is 0 Å². The van der Waals surface area contributed by atoms with E-state index in [0.717, 1.165) is 16.1 Å². The lowest BCUT2D eigenvalue weighted by Crippen LogP contribution is -2.22. The molecular weight excluding hydrogens is 318 g/mol. The molecule has 0 bridgehead atoms. The largest absolute Gasteiger partial charge is 0.300 e. The van der Waals surface area contributed by atoms with Gasteiger partial charge in [0.1, 0.15) is 5.01 Å². The number of carbonyl (C=O) groups excluding carboxylic acids is 1. The van der Waals surface area contributed by atoms with E-state index in [-0.39, 0.29) is 11.8 Å². The number of nitrogens with zero attached hydrogens (tertiary/aromatic N) is 2. The zero-order valence-corrected chi connectivity index (χ0v) is 13.9. The van der Waals surface area contributed by atoms with Crippen LogP contribution in [0.5, 0.6) is 0 Å². The predicted octanol–water partition coefficient (Wildman–Crippen LogP) is 4.19. The second kappa shape index (κ2) is 6.53. The van der Waals surface area contributed by atoms with Gasteiger partial charge in [0.2, 0.25) is 11.0 Å². The fourth-order valence-corrected chi connectivity index (χ4v) is 3.66. The maximum atomic E-state index is 12.9. The van der Waals surface area contributed by atoms with Gasteiger partial charge < -0.3 is 0 Å². The van der Waals surface area contributed by atoms with Crippen LogP contribution in [0, 0.1) is 0 Å². The van der Waals surface area contributed by atoms with E-state index >= 15 is 0 Å². The monoisotopic (exact) mass is 335 g/mol. The topological polar surface area (TPSA) is 54.9 Å². The first-order valence-corrected chi connectivity index (χ1v) is 8.87. The molecule has 1 aliphatic rings. The number of anilines is 1. The second-order valence-corrected chi connectivity index (χ2v) is 6.97. The van der Waals surface area contributed by atoms with Crippen molar-refractivity contribution in [3.63, 3.8) is 0 Å². The van der Waals surface area contributed by atoms with Crippen LogP contribution in [0.2, 0.25) is 0 Å². The number of nitrogens with one attached hydrogen (secondary N) is 1. The van der Waals surface area contributed by atoms with E-state index in [2.05, 4.69) is 15.5 Å². The van der Waals surface area contributed by atoms with Crippen molar-refractivity contribution in [2.24, 2.45) is 0 Å². The molecule has 1 saturated carbocycles. The van der Waals surface area contributed by atoms with Crippen LogP contribution in [0.3, 0.4) is 0 Å². The summed E-state index contributed by atoms with van der Waals surface area (Å²) in [6.07, 6.45) is 2.36. The molecule has 1 aliphatic carbocycles. The van der Waals surface area contributed by atoms with E-state index in [0.29, 0.717) is 11.0 Å². The highest BCUT2D eigenvalue weighted by Crippen LogP contribution is 2.42. The molecule has 3 aromatic rings. The molecule has 0 atom stereocenters. The molecule has 0 aliphatic heterocycles. The van der Waals surface area contributed by atoms with Gasteiger partial charge in [-0.2, -0.15) is 0 Å². The third-order valence-corrected chi connectivity index (χ3v) is 5.13. The molecule has 4 nitrogen and oxygen atoms in total. The Morgan fingerprint density at radius 1 is 0.958 bits per heavy atom. The van der Waals surface area contributed by atoms with Crippen molar-refractivity contribution in [2.45, 2.75) is 24.7 Å². The second-order valence-electron chi connectivity index (χ2n) is 5.96. The first kappa shape index (κ1) is 15.0. The lowest BCUT2D eigenvalue weighted by molar-refractivity contribution is -0.116. The van der Waals surface area contributed by atoms with E-state index < -0.39 is 0 Å². The van der Waals surface area contributed by atoms with Crippen LogP contribution in [0.25, 0.3) is 0 Å². The summed E-state index contributed by atoms with van der Waals surface area (Å²) in [4.78, 5) is 12.9. The summed E-state index contributed by atoms with van der Waals surface area (Å²) in [5.41, 5.74) is 1.93. The highest BCUT2D eigenvalue weighted by atomic mass is 32.1. The van der Waals surface area contributed by atoms with Crippen LogP contribution in [-0.4, -0.2) is 16.1 Å². The van der Waals surface area contributed by atoms with Crippen molar-refractivity contribution in [2.75, 3.05) is 5.32 Å². The molecule has 120 valence electrons. The molecule has 1 heterocycles. The molecule has 24 heavy (non-hydrogen) atoms. The van der Waals surface area contributed by atoms with Gasteiger partial charge in [0.25, 0.3) is 0 Å². The van der Waals surface area contributed by atoms with Crippen LogP contribution >= 0.6 is 11.3 Å². The Morgan fingerprint density at radius 3 is 2.08 bits per heavy atom. The minimum atomic E-state index is -0.360. The summed E-state index contributed by atoms with van der Waals surface area (Å²) in [7, 11) is 0. The molecule has 0 unspecified atom stereocenters. The average Bonchev–Trinajstić information content (AvgIpc) is 3.37. The van der Waals surface area contributed by atoms with Crippen molar-refractivity contribution in [1.82, 2.24) is 10.2 Å². The smallest absolute Gasteiger partial charge is 0.238 e. The first-order valence-electron chi connectivity index (χ1n) is 8.05. The highest BCUT2D eigenvalue weighted by Gasteiger charge is 2.29. The molecule has 0 radical (unpaired) electrons. The summed E-state index contributed by atoms with van der Waals surface area (Å²) >= 11 is 1.49. The Labute approximate surface area is 144 Å². The fraction of sp³-hybridized carbons (Fsp3) is 0.211. The van der Waals surface area contributed by atoms with Crippen molar-refractivity contribution >= 4 is 22.4 Å². The molecule has 4 rings (SSSR count). The predicted molar refractivity (Wildman–Crippen MR) is 95.2 cm³/mol. The Bertz CT molecular complexity index is 789. The maximum Gasteiger partial charge on any atom is 0.238 e. The van der Waals surface area contributed by atoms with Crippen molar-refractivity contribution in [3.8, 4) is 0 Å². The summed E-state index contributed by atoms with van der Waals surface area (Å²) in [5.74, 6) is 0.110. The lowest BCUT2D eigenvalue weighted by atomic mass is 9.90. The van der Waals surface area contributed by atoms with Gasteiger partial charge in [-0.15, -0.1) is 10.2 Å². The normalized spacial score (nSPS) is 13.9. The van der Waals surface area contributed by atoms with Crippen LogP contribution < -0.4 is 5.32 Å². The van der Waals surface area contributed by atoms with Crippen LogP contribution in [-0.2, 0) is 4.79 Å². The van der Waals surface area contributed by atoms with Gasteiger partial charge in [0, 0.05) is 5.92 Å². The molecule has 1 fully saturated rings. The summed E-state index contributed by atoms with van der Waals surface area (Å²) in [6.45, 7) is 0. The maximum absolute atomic E-state index is 12.9. The average molecular weight is 335 g/mol. The SMILES string of the molecule is O=C(Nc1nnc(C2CC2)s1)C(c1ccccc1)c1ccccc1. The highest BCUT2D eigenvalue weighted by molar-refractivity contribution is 7.15. The van der Waals surface area contributed by atoms with E-state index in [9.17, 15) is 4.79 Å². The molecule has 0 spiro atoms. The van der Waals surface area contributed by atoms with Gasteiger partial charge >= 0.3 is 0 Å². The number of carbonyl (C=O) groups is 1. The number of benzene rings is 2. The molecule has 0 saturated heterocycles. The van der Waals surface area contributed by atoms with Crippen molar-refractivity contribution in [1.29, 1.82) is 0 Å². The number of rotatable bonds is 5. The number of aromatic nitrogens is 2. The standard InChI is InChI=1S/C19H17N3OS/c23-17(20-19-22-21-18(24-19)15-11-12-15)16(13-7-3-1-4-8-13)14-9-5-2-6-10-14/h1-10,15-16H,11-12H2,(H,20,22,23). The van der Waals surface area contributed by atoms with E-state index in [1.807, 2.05) is 60.7 Å². The third-order valence-electron chi connectivity index (χ3n) is 4.13. The molecular formula is C19H17N3OS. The molecule has 2 aromatic carbocycles. The summed E-state index contributed by atoms with van der Waals surface area (Å²) < 4.78 is 0. The van der Waals surface area contributed by atoms with E-state index in [4.69, 9.17) is 0 Å². The Hall–Kier alpha value is -2.53. The quantitative estimate of drug-likeness (QED) is 0.761. The minimum Gasteiger partial charge on any atom is -0.300 e. The molecule has 1 aromatic heterocycles. The van der Waals surface area contributed by atoms with E-state index in [1.165, 1.54) is 24.2 Å². The van der Waals surface area contributed by atoms with Gasteiger partial charge in [-0.25, -0.2) is 0 Å². The van der Waals surface area contributed by atoms with E-state index in [1.54, 1.807) is 0 Å². The number of amides is 1. The zero-order valence-electron chi connectivity index (χ0n) is 13.1. The Morgan fingerprint density at radius 2 is 1.54 bits per heavy atom.